The van der Waals surface area contributed by atoms with Gasteiger partial charge < -0.3 is 9.67 Å². The molecule has 1 aromatic carbocycles. The topological polar surface area (TPSA) is 68.0 Å². The van der Waals surface area contributed by atoms with E-state index in [-0.39, 0.29) is 5.75 Å². The summed E-state index contributed by atoms with van der Waals surface area (Å²) in [6, 6.07) is 10.1. The summed E-state index contributed by atoms with van der Waals surface area (Å²) < 4.78 is 1.96. The number of rotatable bonds is 7. The number of nitrogens with zero attached hydrogens (tertiary/aromatic N) is 3. The molecule has 0 unspecified atom stereocenters. The molecule has 0 aliphatic rings. The molecule has 0 radical (unpaired) electrons. The van der Waals surface area contributed by atoms with E-state index in [4.69, 9.17) is 5.11 Å². The smallest absolute Gasteiger partial charge is 0.313 e. The maximum absolute atomic E-state index is 10.6. The summed E-state index contributed by atoms with van der Waals surface area (Å²) in [7, 11) is 0. The first kappa shape index (κ1) is 14.9. The number of hydrogen-bond donors (Lipinski definition) is 1. The van der Waals surface area contributed by atoms with Crippen molar-refractivity contribution in [2.75, 3.05) is 5.75 Å². The fourth-order valence-electron chi connectivity index (χ4n) is 1.64. The van der Waals surface area contributed by atoms with E-state index in [1.165, 1.54) is 16.7 Å². The van der Waals surface area contributed by atoms with E-state index in [0.29, 0.717) is 5.16 Å². The van der Waals surface area contributed by atoms with Gasteiger partial charge in [-0.25, -0.2) is 0 Å². The van der Waals surface area contributed by atoms with Crippen molar-refractivity contribution in [1.29, 1.82) is 0 Å². The minimum Gasteiger partial charge on any atom is -0.481 e. The molecule has 0 aliphatic heterocycles. The van der Waals surface area contributed by atoms with Gasteiger partial charge in [0.15, 0.2) is 5.16 Å². The fourth-order valence-corrected chi connectivity index (χ4v) is 3.24. The SMILES string of the molecule is CCn1c(CSc2ccccc2)nnc1SCC(=O)O. The molecule has 0 saturated carbocycles. The second-order valence-electron chi connectivity index (χ2n) is 3.93. The Morgan fingerprint density at radius 3 is 2.65 bits per heavy atom. The third-order valence-corrected chi connectivity index (χ3v) is 4.51. The third-order valence-electron chi connectivity index (χ3n) is 2.55. The maximum atomic E-state index is 10.6. The molecule has 0 aliphatic carbocycles. The van der Waals surface area contributed by atoms with Crippen molar-refractivity contribution in [3.05, 3.63) is 36.2 Å². The van der Waals surface area contributed by atoms with Gasteiger partial charge in [-0.15, -0.1) is 22.0 Å². The van der Waals surface area contributed by atoms with Gasteiger partial charge in [-0.05, 0) is 19.1 Å². The molecule has 1 N–H and O–H groups in total. The van der Waals surface area contributed by atoms with Crippen LogP contribution in [0.5, 0.6) is 0 Å². The van der Waals surface area contributed by atoms with Gasteiger partial charge in [-0.1, -0.05) is 30.0 Å². The summed E-state index contributed by atoms with van der Waals surface area (Å²) >= 11 is 2.89. The molecule has 2 aromatic rings. The monoisotopic (exact) mass is 309 g/mol. The molecular weight excluding hydrogens is 294 g/mol. The van der Waals surface area contributed by atoms with Gasteiger partial charge in [0.2, 0.25) is 0 Å². The maximum Gasteiger partial charge on any atom is 0.313 e. The van der Waals surface area contributed by atoms with Gasteiger partial charge >= 0.3 is 5.97 Å². The number of thioether (sulfide) groups is 2. The highest BCUT2D eigenvalue weighted by Gasteiger charge is 2.12. The van der Waals surface area contributed by atoms with Crippen molar-refractivity contribution < 1.29 is 9.90 Å². The van der Waals surface area contributed by atoms with Crippen molar-refractivity contribution in [3.63, 3.8) is 0 Å². The third kappa shape index (κ3) is 4.01. The highest BCUT2D eigenvalue weighted by molar-refractivity contribution is 7.99. The predicted molar refractivity (Wildman–Crippen MR) is 80.1 cm³/mol. The Hall–Kier alpha value is -1.47. The molecule has 0 bridgehead atoms. The Morgan fingerprint density at radius 2 is 2.00 bits per heavy atom. The normalized spacial score (nSPS) is 10.7. The van der Waals surface area contributed by atoms with Crippen LogP contribution in [-0.4, -0.2) is 31.6 Å². The first-order valence-electron chi connectivity index (χ1n) is 6.15. The van der Waals surface area contributed by atoms with Crippen LogP contribution in [0.3, 0.4) is 0 Å². The Bertz CT molecular complexity index is 572. The molecule has 20 heavy (non-hydrogen) atoms. The highest BCUT2D eigenvalue weighted by atomic mass is 32.2. The van der Waals surface area contributed by atoms with E-state index in [1.807, 2.05) is 29.7 Å². The Kier molecular flexibility index (Phi) is 5.49. The van der Waals surface area contributed by atoms with Crippen LogP contribution < -0.4 is 0 Å². The second-order valence-corrected chi connectivity index (χ2v) is 5.92. The lowest BCUT2D eigenvalue weighted by Gasteiger charge is -2.06. The lowest BCUT2D eigenvalue weighted by atomic mass is 10.4. The van der Waals surface area contributed by atoms with Crippen LogP contribution in [0.25, 0.3) is 0 Å². The zero-order chi connectivity index (χ0) is 14.4. The van der Waals surface area contributed by atoms with Crippen molar-refractivity contribution in [2.45, 2.75) is 29.3 Å². The van der Waals surface area contributed by atoms with Gasteiger partial charge in [0.25, 0.3) is 0 Å². The predicted octanol–water partition coefficient (Wildman–Crippen LogP) is 2.77. The molecule has 0 saturated heterocycles. The van der Waals surface area contributed by atoms with Gasteiger partial charge in [0.1, 0.15) is 5.82 Å². The van der Waals surface area contributed by atoms with E-state index in [2.05, 4.69) is 22.3 Å². The van der Waals surface area contributed by atoms with E-state index in [1.54, 1.807) is 11.8 Å². The number of benzene rings is 1. The van der Waals surface area contributed by atoms with Crippen molar-refractivity contribution in [1.82, 2.24) is 14.8 Å². The van der Waals surface area contributed by atoms with Crippen LogP contribution in [0.4, 0.5) is 0 Å². The van der Waals surface area contributed by atoms with Crippen LogP contribution >= 0.6 is 23.5 Å². The first-order valence-corrected chi connectivity index (χ1v) is 8.12. The summed E-state index contributed by atoms with van der Waals surface area (Å²) in [5.74, 6) is 0.748. The molecule has 0 atom stereocenters. The Morgan fingerprint density at radius 1 is 1.25 bits per heavy atom. The van der Waals surface area contributed by atoms with Crippen molar-refractivity contribution in [2.24, 2.45) is 0 Å². The number of aliphatic carboxylic acids is 1. The van der Waals surface area contributed by atoms with E-state index < -0.39 is 5.97 Å². The van der Waals surface area contributed by atoms with E-state index >= 15 is 0 Å². The Labute approximate surface area is 125 Å². The molecule has 0 spiro atoms. The summed E-state index contributed by atoms with van der Waals surface area (Å²) in [5, 5.41) is 17.6. The molecule has 1 aromatic heterocycles. The molecule has 5 nitrogen and oxygen atoms in total. The summed E-state index contributed by atoms with van der Waals surface area (Å²) in [6.45, 7) is 2.74. The number of carboxylic acid groups (broad SMARTS) is 1. The minimum atomic E-state index is -0.846. The molecule has 1 heterocycles. The standard InChI is InChI=1S/C13H15N3O2S2/c1-2-16-11(8-19-10-6-4-3-5-7-10)14-15-13(16)20-9-12(17)18/h3-7H,2,8-9H2,1H3,(H,17,18). The lowest BCUT2D eigenvalue weighted by molar-refractivity contribution is -0.133. The number of hydrogen-bond acceptors (Lipinski definition) is 5. The minimum absolute atomic E-state index is 0.00393. The number of carbonyl (C=O) groups is 1. The molecule has 0 amide bonds. The molecule has 2 rings (SSSR count). The van der Waals surface area contributed by atoms with Crippen LogP contribution in [-0.2, 0) is 17.1 Å². The van der Waals surface area contributed by atoms with Gasteiger partial charge in [0.05, 0.1) is 11.5 Å². The van der Waals surface area contributed by atoms with Crippen LogP contribution in [0, 0.1) is 0 Å². The van der Waals surface area contributed by atoms with Gasteiger partial charge in [-0.2, -0.15) is 0 Å². The molecular formula is C13H15N3O2S2. The number of aromatic nitrogens is 3. The second kappa shape index (κ2) is 7.35. The zero-order valence-electron chi connectivity index (χ0n) is 11.0. The highest BCUT2D eigenvalue weighted by Crippen LogP contribution is 2.24. The fraction of sp³-hybridized carbons (Fsp3) is 0.308. The summed E-state index contributed by atoms with van der Waals surface area (Å²) in [6.07, 6.45) is 0. The summed E-state index contributed by atoms with van der Waals surface area (Å²) in [4.78, 5) is 11.8. The van der Waals surface area contributed by atoms with E-state index in [9.17, 15) is 4.79 Å². The van der Waals surface area contributed by atoms with Gasteiger partial charge in [0, 0.05) is 11.4 Å². The van der Waals surface area contributed by atoms with Gasteiger partial charge in [-0.3, -0.25) is 4.79 Å². The summed E-state index contributed by atoms with van der Waals surface area (Å²) in [5.41, 5.74) is 0. The largest absolute Gasteiger partial charge is 0.481 e. The van der Waals surface area contributed by atoms with Crippen LogP contribution in [0.1, 0.15) is 12.7 Å². The van der Waals surface area contributed by atoms with Crippen molar-refractivity contribution >= 4 is 29.5 Å². The molecule has 7 heteroatoms. The zero-order valence-corrected chi connectivity index (χ0v) is 12.7. The van der Waals surface area contributed by atoms with Crippen LogP contribution in [0.15, 0.2) is 40.4 Å². The quantitative estimate of drug-likeness (QED) is 0.793. The average molecular weight is 309 g/mol. The van der Waals surface area contributed by atoms with Crippen molar-refractivity contribution in [3.8, 4) is 0 Å². The van der Waals surface area contributed by atoms with Crippen LogP contribution in [0.2, 0.25) is 0 Å². The first-order chi connectivity index (χ1) is 9.70. The average Bonchev–Trinajstić information content (AvgIpc) is 2.86. The number of carboxylic acids is 1. The molecule has 0 fully saturated rings. The lowest BCUT2D eigenvalue weighted by Crippen LogP contribution is -2.04. The van der Waals surface area contributed by atoms with E-state index in [0.717, 1.165) is 18.1 Å². The molecule has 106 valence electrons. The Balaban J connectivity index is 2.02.